The standard InChI is InChI=1S/C17H17ClN4OS/c1-2-22-16(13-7-9-19-10-8-13)20-21-17(22)24-12-11-23-15-5-3-14(18)4-6-15/h3-10H,2,11-12H2,1H3. The minimum Gasteiger partial charge on any atom is -0.493 e. The summed E-state index contributed by atoms with van der Waals surface area (Å²) in [4.78, 5) is 4.04. The molecule has 0 aliphatic heterocycles. The molecule has 0 spiro atoms. The molecular weight excluding hydrogens is 344 g/mol. The fraction of sp³-hybridized carbons (Fsp3) is 0.235. The summed E-state index contributed by atoms with van der Waals surface area (Å²) in [6.45, 7) is 3.49. The Kier molecular flexibility index (Phi) is 5.72. The van der Waals surface area contributed by atoms with Gasteiger partial charge in [-0.1, -0.05) is 23.4 Å². The van der Waals surface area contributed by atoms with Crippen molar-refractivity contribution >= 4 is 23.4 Å². The van der Waals surface area contributed by atoms with Gasteiger partial charge in [0.1, 0.15) is 5.75 Å². The van der Waals surface area contributed by atoms with Crippen molar-refractivity contribution in [2.45, 2.75) is 18.6 Å². The fourth-order valence-corrected chi connectivity index (χ4v) is 3.16. The highest BCUT2D eigenvalue weighted by molar-refractivity contribution is 7.99. The molecule has 3 rings (SSSR count). The summed E-state index contributed by atoms with van der Waals surface area (Å²) in [5, 5.41) is 10.2. The zero-order valence-electron chi connectivity index (χ0n) is 13.2. The molecule has 0 unspecified atom stereocenters. The lowest BCUT2D eigenvalue weighted by Gasteiger charge is -2.08. The van der Waals surface area contributed by atoms with E-state index in [0.29, 0.717) is 11.6 Å². The largest absolute Gasteiger partial charge is 0.493 e. The van der Waals surface area contributed by atoms with Gasteiger partial charge >= 0.3 is 0 Å². The molecule has 0 aliphatic carbocycles. The van der Waals surface area contributed by atoms with Gasteiger partial charge in [-0.15, -0.1) is 10.2 Å². The highest BCUT2D eigenvalue weighted by Gasteiger charge is 2.12. The molecule has 0 atom stereocenters. The average molecular weight is 361 g/mol. The molecule has 0 radical (unpaired) electrons. The minimum absolute atomic E-state index is 0.591. The first kappa shape index (κ1) is 16.8. The second-order valence-electron chi connectivity index (χ2n) is 4.94. The van der Waals surface area contributed by atoms with Crippen LogP contribution in [-0.2, 0) is 6.54 Å². The van der Waals surface area contributed by atoms with Crippen LogP contribution in [0.15, 0.2) is 53.9 Å². The van der Waals surface area contributed by atoms with Gasteiger partial charge in [-0.05, 0) is 43.3 Å². The molecule has 2 aromatic heterocycles. The van der Waals surface area contributed by atoms with Crippen LogP contribution >= 0.6 is 23.4 Å². The minimum atomic E-state index is 0.591. The average Bonchev–Trinajstić information content (AvgIpc) is 3.04. The summed E-state index contributed by atoms with van der Waals surface area (Å²) in [6.07, 6.45) is 3.52. The summed E-state index contributed by atoms with van der Waals surface area (Å²) < 4.78 is 7.80. The molecule has 0 aliphatic rings. The Hall–Kier alpha value is -2.05. The Bertz CT molecular complexity index is 777. The molecule has 0 saturated carbocycles. The van der Waals surface area contributed by atoms with Gasteiger partial charge in [-0.2, -0.15) is 0 Å². The number of aromatic nitrogens is 4. The van der Waals surface area contributed by atoms with Crippen LogP contribution in [0.1, 0.15) is 6.92 Å². The van der Waals surface area contributed by atoms with E-state index in [1.807, 2.05) is 36.4 Å². The maximum atomic E-state index is 5.86. The molecule has 24 heavy (non-hydrogen) atoms. The van der Waals surface area contributed by atoms with Crippen LogP contribution < -0.4 is 4.74 Å². The van der Waals surface area contributed by atoms with E-state index in [-0.39, 0.29) is 0 Å². The molecule has 0 fully saturated rings. The lowest BCUT2D eigenvalue weighted by molar-refractivity contribution is 0.344. The number of halogens is 1. The Balaban J connectivity index is 1.59. The smallest absolute Gasteiger partial charge is 0.191 e. The van der Waals surface area contributed by atoms with E-state index >= 15 is 0 Å². The third-order valence-corrected chi connectivity index (χ3v) is 4.55. The van der Waals surface area contributed by atoms with Crippen LogP contribution in [-0.4, -0.2) is 32.1 Å². The monoisotopic (exact) mass is 360 g/mol. The first-order chi connectivity index (χ1) is 11.8. The first-order valence-electron chi connectivity index (χ1n) is 7.62. The Morgan fingerprint density at radius 2 is 1.83 bits per heavy atom. The van der Waals surface area contributed by atoms with E-state index in [4.69, 9.17) is 16.3 Å². The third kappa shape index (κ3) is 4.07. The molecule has 0 saturated heterocycles. The van der Waals surface area contributed by atoms with E-state index < -0.39 is 0 Å². The SMILES string of the molecule is CCn1c(SCCOc2ccc(Cl)cc2)nnc1-c1ccncc1. The molecule has 0 amide bonds. The van der Waals surface area contributed by atoms with Crippen molar-refractivity contribution in [3.8, 4) is 17.1 Å². The van der Waals surface area contributed by atoms with Crippen LogP contribution in [0.5, 0.6) is 5.75 Å². The molecule has 7 heteroatoms. The van der Waals surface area contributed by atoms with Gasteiger partial charge in [0, 0.05) is 35.3 Å². The zero-order valence-corrected chi connectivity index (χ0v) is 14.8. The van der Waals surface area contributed by atoms with Gasteiger partial charge in [-0.25, -0.2) is 0 Å². The van der Waals surface area contributed by atoms with E-state index in [9.17, 15) is 0 Å². The number of ether oxygens (including phenoxy) is 1. The van der Waals surface area contributed by atoms with Crippen LogP contribution in [0.3, 0.4) is 0 Å². The second-order valence-corrected chi connectivity index (χ2v) is 6.44. The maximum absolute atomic E-state index is 5.86. The molecule has 124 valence electrons. The summed E-state index contributed by atoms with van der Waals surface area (Å²) >= 11 is 7.49. The summed E-state index contributed by atoms with van der Waals surface area (Å²) in [5.74, 6) is 2.47. The lowest BCUT2D eigenvalue weighted by atomic mass is 10.2. The highest BCUT2D eigenvalue weighted by atomic mass is 35.5. The Morgan fingerprint density at radius 1 is 1.08 bits per heavy atom. The summed E-state index contributed by atoms with van der Waals surface area (Å²) in [7, 11) is 0. The van der Waals surface area contributed by atoms with Gasteiger partial charge < -0.3 is 9.30 Å². The van der Waals surface area contributed by atoms with E-state index in [1.165, 1.54) is 0 Å². The molecule has 0 bridgehead atoms. The fourth-order valence-electron chi connectivity index (χ4n) is 2.22. The zero-order chi connectivity index (χ0) is 16.8. The van der Waals surface area contributed by atoms with Crippen LogP contribution in [0.4, 0.5) is 0 Å². The topological polar surface area (TPSA) is 52.8 Å². The number of rotatable bonds is 7. The van der Waals surface area contributed by atoms with Crippen molar-refractivity contribution in [2.24, 2.45) is 0 Å². The first-order valence-corrected chi connectivity index (χ1v) is 8.99. The van der Waals surface area contributed by atoms with Crippen molar-refractivity contribution in [3.05, 3.63) is 53.8 Å². The lowest BCUT2D eigenvalue weighted by Crippen LogP contribution is -2.03. The number of thioether (sulfide) groups is 1. The number of benzene rings is 1. The number of hydrogen-bond acceptors (Lipinski definition) is 5. The summed E-state index contributed by atoms with van der Waals surface area (Å²) in [6, 6.07) is 11.2. The Morgan fingerprint density at radius 3 is 2.54 bits per heavy atom. The normalized spacial score (nSPS) is 10.8. The Labute approximate surface area is 150 Å². The number of hydrogen-bond donors (Lipinski definition) is 0. The van der Waals surface area contributed by atoms with Gasteiger partial charge in [0.25, 0.3) is 0 Å². The van der Waals surface area contributed by atoms with Crippen molar-refractivity contribution in [1.29, 1.82) is 0 Å². The molecule has 0 N–H and O–H groups in total. The van der Waals surface area contributed by atoms with Gasteiger partial charge in [0.15, 0.2) is 11.0 Å². The van der Waals surface area contributed by atoms with Crippen molar-refractivity contribution < 1.29 is 4.74 Å². The van der Waals surface area contributed by atoms with Crippen LogP contribution in [0.25, 0.3) is 11.4 Å². The molecule has 1 aromatic carbocycles. The molecule has 3 aromatic rings. The third-order valence-electron chi connectivity index (χ3n) is 3.37. The molecule has 5 nitrogen and oxygen atoms in total. The van der Waals surface area contributed by atoms with E-state index in [2.05, 4.69) is 26.7 Å². The predicted octanol–water partition coefficient (Wildman–Crippen LogP) is 4.18. The second kappa shape index (κ2) is 8.17. The summed E-state index contributed by atoms with van der Waals surface area (Å²) in [5.41, 5.74) is 1.02. The number of nitrogens with zero attached hydrogens (tertiary/aromatic N) is 4. The van der Waals surface area contributed by atoms with Gasteiger partial charge in [-0.3, -0.25) is 4.98 Å². The molecule has 2 heterocycles. The van der Waals surface area contributed by atoms with Gasteiger partial charge in [0.05, 0.1) is 6.61 Å². The quantitative estimate of drug-likeness (QED) is 0.467. The van der Waals surface area contributed by atoms with Crippen LogP contribution in [0.2, 0.25) is 5.02 Å². The van der Waals surface area contributed by atoms with Crippen molar-refractivity contribution in [3.63, 3.8) is 0 Å². The highest BCUT2D eigenvalue weighted by Crippen LogP contribution is 2.23. The number of pyridine rings is 1. The van der Waals surface area contributed by atoms with Gasteiger partial charge in [0.2, 0.25) is 0 Å². The van der Waals surface area contributed by atoms with Crippen molar-refractivity contribution in [1.82, 2.24) is 19.7 Å². The van der Waals surface area contributed by atoms with E-state index in [1.54, 1.807) is 24.2 Å². The maximum Gasteiger partial charge on any atom is 0.191 e. The van der Waals surface area contributed by atoms with Crippen molar-refractivity contribution in [2.75, 3.05) is 12.4 Å². The predicted molar refractivity (Wildman–Crippen MR) is 96.6 cm³/mol. The van der Waals surface area contributed by atoms with Crippen LogP contribution in [0, 0.1) is 0 Å². The molecular formula is C17H17ClN4OS. The van der Waals surface area contributed by atoms with E-state index in [0.717, 1.165) is 34.6 Å².